The van der Waals surface area contributed by atoms with E-state index in [9.17, 15) is 9.59 Å². The molecule has 0 atom stereocenters. The van der Waals surface area contributed by atoms with E-state index in [1.807, 2.05) is 44.2 Å². The van der Waals surface area contributed by atoms with Crippen LogP contribution in [0.5, 0.6) is 17.2 Å². The highest BCUT2D eigenvalue weighted by Gasteiger charge is 2.19. The topological polar surface area (TPSA) is 97.9 Å². The average Bonchev–Trinajstić information content (AvgIpc) is 2.83. The smallest absolute Gasteiger partial charge is 0.319 e. The van der Waals surface area contributed by atoms with E-state index in [1.54, 1.807) is 36.4 Å². The summed E-state index contributed by atoms with van der Waals surface area (Å²) >= 11 is 0. The molecule has 8 heteroatoms. The summed E-state index contributed by atoms with van der Waals surface area (Å²) in [5, 5.41) is 8.34. The molecule has 0 spiro atoms. The second-order valence-corrected chi connectivity index (χ2v) is 7.74. The first-order chi connectivity index (χ1) is 16.4. The van der Waals surface area contributed by atoms with Crippen molar-refractivity contribution in [2.45, 2.75) is 26.5 Å². The Morgan fingerprint density at radius 1 is 0.824 bits per heavy atom. The molecule has 3 aromatic rings. The average molecular weight is 464 g/mol. The number of benzene rings is 3. The molecule has 8 nitrogen and oxygen atoms in total. The van der Waals surface area contributed by atoms with Gasteiger partial charge in [0.1, 0.15) is 6.61 Å². The highest BCUT2D eigenvalue weighted by Crippen LogP contribution is 2.39. The Labute approximate surface area is 199 Å². The van der Waals surface area contributed by atoms with E-state index in [0.717, 1.165) is 5.56 Å². The molecule has 178 valence electrons. The van der Waals surface area contributed by atoms with Gasteiger partial charge in [0.25, 0.3) is 5.91 Å². The number of rotatable bonds is 9. The van der Waals surface area contributed by atoms with Crippen molar-refractivity contribution in [1.82, 2.24) is 5.32 Å². The molecule has 0 saturated heterocycles. The zero-order valence-corrected chi connectivity index (χ0v) is 19.7. The normalized spacial score (nSPS) is 10.4. The molecule has 0 aliphatic heterocycles. The number of urea groups is 1. The maximum atomic E-state index is 13.1. The summed E-state index contributed by atoms with van der Waals surface area (Å²) in [5.41, 5.74) is 2.21. The molecule has 0 aliphatic carbocycles. The zero-order chi connectivity index (χ0) is 24.5. The van der Waals surface area contributed by atoms with Crippen LogP contribution in [0.15, 0.2) is 66.7 Å². The SMILES string of the molecule is COc1cc(C(=O)Nc2ccccc2NC(=O)NC(C)C)cc(OC)c1OCc1ccccc1. The summed E-state index contributed by atoms with van der Waals surface area (Å²) in [5.74, 6) is 0.730. The number of methoxy groups -OCH3 is 2. The Balaban J connectivity index is 1.81. The van der Waals surface area contributed by atoms with Crippen LogP contribution in [0.2, 0.25) is 0 Å². The first-order valence-corrected chi connectivity index (χ1v) is 10.8. The molecule has 0 aromatic heterocycles. The van der Waals surface area contributed by atoms with Gasteiger partial charge in [-0.15, -0.1) is 0 Å². The zero-order valence-electron chi connectivity index (χ0n) is 19.7. The van der Waals surface area contributed by atoms with Gasteiger partial charge in [-0.05, 0) is 43.7 Å². The minimum absolute atomic E-state index is 0.0238. The van der Waals surface area contributed by atoms with Crippen molar-refractivity contribution >= 4 is 23.3 Å². The fraction of sp³-hybridized carbons (Fsp3) is 0.231. The number of ether oxygens (including phenoxy) is 3. The molecule has 0 bridgehead atoms. The first kappa shape index (κ1) is 24.4. The van der Waals surface area contributed by atoms with Gasteiger partial charge in [0.15, 0.2) is 11.5 Å². The van der Waals surface area contributed by atoms with Crippen LogP contribution in [0.4, 0.5) is 16.2 Å². The van der Waals surface area contributed by atoms with Crippen molar-refractivity contribution in [2.24, 2.45) is 0 Å². The lowest BCUT2D eigenvalue weighted by Gasteiger charge is -2.17. The van der Waals surface area contributed by atoms with Crippen LogP contribution in [0.3, 0.4) is 0 Å². The third-order valence-electron chi connectivity index (χ3n) is 4.79. The predicted molar refractivity (Wildman–Crippen MR) is 132 cm³/mol. The number of para-hydroxylation sites is 2. The number of anilines is 2. The van der Waals surface area contributed by atoms with Crippen molar-refractivity contribution in [3.05, 3.63) is 77.9 Å². The van der Waals surface area contributed by atoms with Crippen LogP contribution in [0.25, 0.3) is 0 Å². The summed E-state index contributed by atoms with van der Waals surface area (Å²) < 4.78 is 16.9. The summed E-state index contributed by atoms with van der Waals surface area (Å²) in [7, 11) is 3.00. The Morgan fingerprint density at radius 2 is 1.38 bits per heavy atom. The fourth-order valence-corrected chi connectivity index (χ4v) is 3.20. The molecule has 0 unspecified atom stereocenters. The van der Waals surface area contributed by atoms with Crippen LogP contribution in [-0.4, -0.2) is 32.2 Å². The van der Waals surface area contributed by atoms with E-state index < -0.39 is 5.91 Å². The number of carbonyl (C=O) groups excluding carboxylic acids is 2. The van der Waals surface area contributed by atoms with E-state index in [4.69, 9.17) is 14.2 Å². The van der Waals surface area contributed by atoms with Crippen molar-refractivity contribution in [3.63, 3.8) is 0 Å². The van der Waals surface area contributed by atoms with Crippen molar-refractivity contribution in [3.8, 4) is 17.2 Å². The number of hydrogen-bond acceptors (Lipinski definition) is 5. The Kier molecular flexibility index (Phi) is 8.34. The van der Waals surface area contributed by atoms with E-state index >= 15 is 0 Å². The maximum absolute atomic E-state index is 13.1. The molecule has 0 fully saturated rings. The number of amides is 3. The van der Waals surface area contributed by atoms with Gasteiger partial charge in [0.05, 0.1) is 25.6 Å². The molecular formula is C26H29N3O5. The quantitative estimate of drug-likeness (QED) is 0.412. The van der Waals surface area contributed by atoms with Crippen molar-refractivity contribution in [1.29, 1.82) is 0 Å². The highest BCUT2D eigenvalue weighted by molar-refractivity contribution is 6.07. The van der Waals surface area contributed by atoms with E-state index in [1.165, 1.54) is 14.2 Å². The Hall–Kier alpha value is -4.20. The van der Waals surface area contributed by atoms with Gasteiger partial charge in [-0.3, -0.25) is 4.79 Å². The number of nitrogens with one attached hydrogen (secondary N) is 3. The first-order valence-electron chi connectivity index (χ1n) is 10.8. The molecule has 0 saturated carbocycles. The number of hydrogen-bond donors (Lipinski definition) is 3. The van der Waals surface area contributed by atoms with Crippen LogP contribution >= 0.6 is 0 Å². The van der Waals surface area contributed by atoms with Gasteiger partial charge < -0.3 is 30.2 Å². The van der Waals surface area contributed by atoms with Crippen molar-refractivity contribution in [2.75, 3.05) is 24.9 Å². The fourth-order valence-electron chi connectivity index (χ4n) is 3.20. The lowest BCUT2D eigenvalue weighted by molar-refractivity contribution is 0.102. The standard InChI is InChI=1S/C26H29N3O5/c1-17(2)27-26(31)29-21-13-9-8-12-20(21)28-25(30)19-14-22(32-3)24(23(15-19)33-4)34-16-18-10-6-5-7-11-18/h5-15,17H,16H2,1-4H3,(H,28,30)(H2,27,29,31). The van der Waals surface area contributed by atoms with Crippen LogP contribution in [0, 0.1) is 0 Å². The van der Waals surface area contributed by atoms with Crippen molar-refractivity contribution < 1.29 is 23.8 Å². The molecule has 0 heterocycles. The largest absolute Gasteiger partial charge is 0.493 e. The van der Waals surface area contributed by atoms with Gasteiger partial charge in [0.2, 0.25) is 5.75 Å². The van der Waals surface area contributed by atoms with Crippen LogP contribution in [0.1, 0.15) is 29.8 Å². The lowest BCUT2D eigenvalue weighted by Crippen LogP contribution is -2.34. The van der Waals surface area contributed by atoms with Gasteiger partial charge >= 0.3 is 6.03 Å². The highest BCUT2D eigenvalue weighted by atomic mass is 16.5. The second kappa shape index (κ2) is 11.6. The van der Waals surface area contributed by atoms with Gasteiger partial charge in [-0.25, -0.2) is 4.79 Å². The Morgan fingerprint density at radius 3 is 1.94 bits per heavy atom. The predicted octanol–water partition coefficient (Wildman–Crippen LogP) is 5.07. The minimum atomic E-state index is -0.398. The van der Waals surface area contributed by atoms with Crippen LogP contribution < -0.4 is 30.2 Å². The molecule has 3 aromatic carbocycles. The summed E-state index contributed by atoms with van der Waals surface area (Å²) in [4.78, 5) is 25.2. The van der Waals surface area contributed by atoms with E-state index in [2.05, 4.69) is 16.0 Å². The van der Waals surface area contributed by atoms with Crippen LogP contribution in [-0.2, 0) is 6.61 Å². The lowest BCUT2D eigenvalue weighted by atomic mass is 10.1. The van der Waals surface area contributed by atoms with E-state index in [-0.39, 0.29) is 12.1 Å². The molecule has 0 aliphatic rings. The molecule has 0 radical (unpaired) electrons. The molecule has 3 amide bonds. The second-order valence-electron chi connectivity index (χ2n) is 7.74. The molecular weight excluding hydrogens is 434 g/mol. The minimum Gasteiger partial charge on any atom is -0.493 e. The monoisotopic (exact) mass is 463 g/mol. The third-order valence-corrected chi connectivity index (χ3v) is 4.79. The summed E-state index contributed by atoms with van der Waals surface area (Å²) in [6, 6.07) is 19.4. The van der Waals surface area contributed by atoms with E-state index in [0.29, 0.717) is 40.8 Å². The number of carbonyl (C=O) groups is 2. The summed E-state index contributed by atoms with van der Waals surface area (Å²) in [6.07, 6.45) is 0. The van der Waals surface area contributed by atoms with Gasteiger partial charge in [-0.2, -0.15) is 0 Å². The Bertz CT molecular complexity index is 1110. The summed E-state index contributed by atoms with van der Waals surface area (Å²) in [6.45, 7) is 4.04. The molecule has 3 N–H and O–H groups in total. The maximum Gasteiger partial charge on any atom is 0.319 e. The van der Waals surface area contributed by atoms with Gasteiger partial charge in [-0.1, -0.05) is 42.5 Å². The molecule has 3 rings (SSSR count). The van der Waals surface area contributed by atoms with Gasteiger partial charge in [0, 0.05) is 11.6 Å². The molecule has 34 heavy (non-hydrogen) atoms. The third kappa shape index (κ3) is 6.41.